The maximum absolute atomic E-state index is 12.0. The van der Waals surface area contributed by atoms with Gasteiger partial charge >= 0.3 is 5.97 Å². The lowest BCUT2D eigenvalue weighted by Gasteiger charge is -2.27. The molecule has 0 heterocycles. The summed E-state index contributed by atoms with van der Waals surface area (Å²) in [6.45, 7) is 3.64. The van der Waals surface area contributed by atoms with E-state index < -0.39 is 11.5 Å². The first kappa shape index (κ1) is 17.9. The average molecular weight is 330 g/mol. The third kappa shape index (κ3) is 5.59. The lowest BCUT2D eigenvalue weighted by atomic mass is 9.96. The van der Waals surface area contributed by atoms with E-state index in [1.54, 1.807) is 19.1 Å². The van der Waals surface area contributed by atoms with Crippen molar-refractivity contribution in [2.75, 3.05) is 12.9 Å². The van der Waals surface area contributed by atoms with Crippen LogP contribution in [0, 0.1) is 0 Å². The van der Waals surface area contributed by atoms with Crippen molar-refractivity contribution in [1.82, 2.24) is 5.32 Å². The SMILES string of the molecule is CCCC(C)(NC(=O)CSc1ccc(Cl)cc1)C(=O)OC. The number of hydrogen-bond donors (Lipinski definition) is 1. The van der Waals surface area contributed by atoms with Gasteiger partial charge in [-0.15, -0.1) is 11.8 Å². The molecule has 1 rings (SSSR count). The van der Waals surface area contributed by atoms with Gasteiger partial charge < -0.3 is 10.1 Å². The van der Waals surface area contributed by atoms with Gasteiger partial charge in [0.1, 0.15) is 5.54 Å². The molecule has 4 nitrogen and oxygen atoms in total. The number of carbonyl (C=O) groups excluding carboxylic acids is 2. The Labute approximate surface area is 134 Å². The third-order valence-electron chi connectivity index (χ3n) is 2.98. The molecule has 1 amide bonds. The lowest BCUT2D eigenvalue weighted by molar-refractivity contribution is -0.150. The fourth-order valence-corrected chi connectivity index (χ4v) is 2.79. The van der Waals surface area contributed by atoms with Crippen LogP contribution in [-0.4, -0.2) is 30.3 Å². The first-order chi connectivity index (χ1) is 9.91. The molecule has 1 N–H and O–H groups in total. The van der Waals surface area contributed by atoms with Gasteiger partial charge in [0, 0.05) is 9.92 Å². The van der Waals surface area contributed by atoms with Crippen LogP contribution in [-0.2, 0) is 14.3 Å². The van der Waals surface area contributed by atoms with Crippen LogP contribution in [0.15, 0.2) is 29.2 Å². The van der Waals surface area contributed by atoms with E-state index in [1.807, 2.05) is 19.1 Å². The predicted molar refractivity (Wildman–Crippen MR) is 85.6 cm³/mol. The number of esters is 1. The Morgan fingerprint density at radius 3 is 2.48 bits per heavy atom. The van der Waals surface area contributed by atoms with Crippen LogP contribution in [0.1, 0.15) is 26.7 Å². The molecule has 0 spiro atoms. The summed E-state index contributed by atoms with van der Waals surface area (Å²) in [6.07, 6.45) is 1.31. The molecule has 0 saturated heterocycles. The number of amides is 1. The predicted octanol–water partition coefficient (Wildman–Crippen LogP) is 3.28. The maximum Gasteiger partial charge on any atom is 0.331 e. The molecule has 116 valence electrons. The summed E-state index contributed by atoms with van der Waals surface area (Å²) >= 11 is 7.20. The van der Waals surface area contributed by atoms with E-state index in [2.05, 4.69) is 5.32 Å². The molecule has 0 aliphatic carbocycles. The molecule has 0 aliphatic rings. The summed E-state index contributed by atoms with van der Waals surface area (Å²) in [5.74, 6) is -0.386. The topological polar surface area (TPSA) is 55.4 Å². The highest BCUT2D eigenvalue weighted by Crippen LogP contribution is 2.21. The minimum absolute atomic E-state index is 0.198. The number of halogens is 1. The van der Waals surface area contributed by atoms with Crippen LogP contribution in [0.4, 0.5) is 0 Å². The molecule has 0 aromatic heterocycles. The van der Waals surface area contributed by atoms with Crippen LogP contribution >= 0.6 is 23.4 Å². The molecule has 0 saturated carbocycles. The van der Waals surface area contributed by atoms with Gasteiger partial charge in [0.05, 0.1) is 12.9 Å². The van der Waals surface area contributed by atoms with Crippen molar-refractivity contribution in [3.05, 3.63) is 29.3 Å². The lowest BCUT2D eigenvalue weighted by Crippen LogP contribution is -2.53. The summed E-state index contributed by atoms with van der Waals surface area (Å²) < 4.78 is 4.77. The van der Waals surface area contributed by atoms with Crippen molar-refractivity contribution >= 4 is 35.2 Å². The summed E-state index contributed by atoms with van der Waals surface area (Å²) in [5, 5.41) is 3.42. The van der Waals surface area contributed by atoms with E-state index in [9.17, 15) is 9.59 Å². The number of ether oxygens (including phenoxy) is 1. The minimum Gasteiger partial charge on any atom is -0.467 e. The van der Waals surface area contributed by atoms with Crippen LogP contribution in [0.25, 0.3) is 0 Å². The van der Waals surface area contributed by atoms with Crippen molar-refractivity contribution in [2.45, 2.75) is 37.1 Å². The number of carbonyl (C=O) groups is 2. The van der Waals surface area contributed by atoms with E-state index in [-0.39, 0.29) is 11.7 Å². The Morgan fingerprint density at radius 2 is 1.95 bits per heavy atom. The monoisotopic (exact) mass is 329 g/mol. The summed E-state index contributed by atoms with van der Waals surface area (Å²) in [4.78, 5) is 24.8. The Morgan fingerprint density at radius 1 is 1.33 bits per heavy atom. The molecule has 1 aromatic carbocycles. The van der Waals surface area contributed by atoms with Crippen LogP contribution in [0.5, 0.6) is 0 Å². The zero-order valence-corrected chi connectivity index (χ0v) is 14.0. The van der Waals surface area contributed by atoms with Crippen LogP contribution in [0.2, 0.25) is 5.02 Å². The second kappa shape index (κ2) is 8.29. The second-order valence-corrected chi connectivity index (χ2v) is 6.35. The van der Waals surface area contributed by atoms with Crippen molar-refractivity contribution < 1.29 is 14.3 Å². The van der Waals surface area contributed by atoms with Gasteiger partial charge in [-0.1, -0.05) is 24.9 Å². The molecule has 0 fully saturated rings. The van der Waals surface area contributed by atoms with Gasteiger partial charge in [0.25, 0.3) is 0 Å². The van der Waals surface area contributed by atoms with Gasteiger partial charge in [0.15, 0.2) is 0 Å². The fourth-order valence-electron chi connectivity index (χ4n) is 1.96. The number of rotatable bonds is 7. The number of methoxy groups -OCH3 is 1. The maximum atomic E-state index is 12.0. The fraction of sp³-hybridized carbons (Fsp3) is 0.467. The van der Waals surface area contributed by atoms with Crippen molar-refractivity contribution in [3.8, 4) is 0 Å². The van der Waals surface area contributed by atoms with Gasteiger partial charge in [-0.05, 0) is 37.6 Å². The molecule has 21 heavy (non-hydrogen) atoms. The summed E-state index contributed by atoms with van der Waals surface area (Å²) in [5.41, 5.74) is -0.971. The molecule has 1 atom stereocenters. The molecular formula is C15H20ClNO3S. The van der Waals surface area contributed by atoms with Gasteiger partial charge in [-0.25, -0.2) is 4.79 Å². The third-order valence-corrected chi connectivity index (χ3v) is 4.25. The zero-order valence-electron chi connectivity index (χ0n) is 12.4. The second-order valence-electron chi connectivity index (χ2n) is 4.86. The Kier molecular flexibility index (Phi) is 7.05. The summed E-state index contributed by atoms with van der Waals surface area (Å²) in [6, 6.07) is 7.26. The smallest absolute Gasteiger partial charge is 0.331 e. The minimum atomic E-state index is -0.971. The van der Waals surface area contributed by atoms with Crippen molar-refractivity contribution in [3.63, 3.8) is 0 Å². The van der Waals surface area contributed by atoms with E-state index in [0.717, 1.165) is 11.3 Å². The first-order valence-electron chi connectivity index (χ1n) is 6.69. The zero-order chi connectivity index (χ0) is 15.9. The summed E-state index contributed by atoms with van der Waals surface area (Å²) in [7, 11) is 1.32. The van der Waals surface area contributed by atoms with Crippen LogP contribution in [0.3, 0.4) is 0 Å². The van der Waals surface area contributed by atoms with E-state index in [4.69, 9.17) is 16.3 Å². The van der Waals surface area contributed by atoms with E-state index in [0.29, 0.717) is 11.4 Å². The van der Waals surface area contributed by atoms with Crippen LogP contribution < -0.4 is 5.32 Å². The Bertz CT molecular complexity index is 492. The largest absolute Gasteiger partial charge is 0.467 e. The standard InChI is InChI=1S/C15H20ClNO3S/c1-4-9-15(2,14(19)20-3)17-13(18)10-21-12-7-5-11(16)6-8-12/h5-8H,4,9-10H2,1-3H3,(H,17,18). The molecule has 0 aliphatic heterocycles. The van der Waals surface area contributed by atoms with E-state index in [1.165, 1.54) is 18.9 Å². The van der Waals surface area contributed by atoms with E-state index >= 15 is 0 Å². The van der Waals surface area contributed by atoms with Gasteiger partial charge in [0.2, 0.25) is 5.91 Å². The first-order valence-corrected chi connectivity index (χ1v) is 8.05. The normalized spacial score (nSPS) is 13.3. The molecule has 6 heteroatoms. The highest BCUT2D eigenvalue weighted by Gasteiger charge is 2.34. The molecule has 1 unspecified atom stereocenters. The molecular weight excluding hydrogens is 310 g/mol. The highest BCUT2D eigenvalue weighted by atomic mass is 35.5. The number of hydrogen-bond acceptors (Lipinski definition) is 4. The number of benzene rings is 1. The Balaban J connectivity index is 2.58. The van der Waals surface area contributed by atoms with Gasteiger partial charge in [-0.3, -0.25) is 4.79 Å². The Hall–Kier alpha value is -1.20. The molecule has 1 aromatic rings. The number of thioether (sulfide) groups is 1. The van der Waals surface area contributed by atoms with Gasteiger partial charge in [-0.2, -0.15) is 0 Å². The average Bonchev–Trinajstić information content (AvgIpc) is 2.46. The van der Waals surface area contributed by atoms with Crippen molar-refractivity contribution in [2.24, 2.45) is 0 Å². The number of nitrogens with one attached hydrogen (secondary N) is 1. The molecule has 0 radical (unpaired) electrons. The highest BCUT2D eigenvalue weighted by molar-refractivity contribution is 8.00. The van der Waals surface area contributed by atoms with Crippen molar-refractivity contribution in [1.29, 1.82) is 0 Å². The quantitative estimate of drug-likeness (QED) is 0.616. The molecule has 0 bridgehead atoms.